The lowest BCUT2D eigenvalue weighted by molar-refractivity contribution is 0.0600. The van der Waals surface area contributed by atoms with Crippen LogP contribution in [0.25, 0.3) is 0 Å². The highest BCUT2D eigenvalue weighted by atomic mass is 16.5. The van der Waals surface area contributed by atoms with E-state index in [-0.39, 0.29) is 5.97 Å². The number of methoxy groups -OCH3 is 1. The van der Waals surface area contributed by atoms with Gasteiger partial charge in [-0.3, -0.25) is 0 Å². The fourth-order valence-electron chi connectivity index (χ4n) is 1.21. The molecule has 0 saturated carbocycles. The zero-order chi connectivity index (χ0) is 11.1. The molecule has 1 rings (SSSR count). The van der Waals surface area contributed by atoms with Gasteiger partial charge >= 0.3 is 5.97 Å². The van der Waals surface area contributed by atoms with Gasteiger partial charge in [0.15, 0.2) is 0 Å². The Hall–Kier alpha value is -1.31. The van der Waals surface area contributed by atoms with E-state index in [2.05, 4.69) is 4.74 Å². The van der Waals surface area contributed by atoms with Crippen molar-refractivity contribution < 1.29 is 9.53 Å². The van der Waals surface area contributed by atoms with E-state index in [9.17, 15) is 4.79 Å². The molecule has 0 aliphatic carbocycles. The quantitative estimate of drug-likeness (QED) is 0.642. The van der Waals surface area contributed by atoms with E-state index in [4.69, 9.17) is 0 Å². The molecule has 0 aliphatic heterocycles. The first-order valence-electron chi connectivity index (χ1n) is 4.80. The number of ether oxygens (including phenoxy) is 1. The highest BCUT2D eigenvalue weighted by Gasteiger charge is 2.04. The molecule has 78 valence electrons. The standard InChI is InChI=1S/C10H12O2.C2H6/c1-7-4-8(2)6-9(5-7)10(11)12-3;1-2/h4-6H,1-3H3;1-2H3. The summed E-state index contributed by atoms with van der Waals surface area (Å²) in [6.07, 6.45) is 0. The van der Waals surface area contributed by atoms with E-state index in [1.54, 1.807) is 0 Å². The second-order valence-corrected chi connectivity index (χ2v) is 2.87. The first-order chi connectivity index (χ1) is 6.63. The molecule has 14 heavy (non-hydrogen) atoms. The van der Waals surface area contributed by atoms with Gasteiger partial charge in [0.05, 0.1) is 12.7 Å². The number of esters is 1. The highest BCUT2D eigenvalue weighted by molar-refractivity contribution is 5.89. The summed E-state index contributed by atoms with van der Waals surface area (Å²) in [6, 6.07) is 5.66. The molecule has 1 aromatic carbocycles. The van der Waals surface area contributed by atoms with Crippen molar-refractivity contribution in [3.05, 3.63) is 34.9 Å². The third-order valence-electron chi connectivity index (χ3n) is 1.64. The zero-order valence-electron chi connectivity index (χ0n) is 9.55. The van der Waals surface area contributed by atoms with Gasteiger partial charge in [0.2, 0.25) is 0 Å². The fourth-order valence-corrected chi connectivity index (χ4v) is 1.21. The molecule has 0 aromatic heterocycles. The van der Waals surface area contributed by atoms with Gasteiger partial charge in [-0.25, -0.2) is 4.79 Å². The van der Waals surface area contributed by atoms with Crippen molar-refractivity contribution in [2.24, 2.45) is 0 Å². The van der Waals surface area contributed by atoms with Crippen molar-refractivity contribution in [2.75, 3.05) is 7.11 Å². The molecule has 0 bridgehead atoms. The predicted molar refractivity (Wildman–Crippen MR) is 58.6 cm³/mol. The molecule has 0 N–H and O–H groups in total. The van der Waals surface area contributed by atoms with Crippen molar-refractivity contribution in [3.63, 3.8) is 0 Å². The third kappa shape index (κ3) is 3.60. The van der Waals surface area contributed by atoms with E-state index >= 15 is 0 Å². The molecule has 0 heterocycles. The lowest BCUT2D eigenvalue weighted by Crippen LogP contribution is -2.01. The number of hydrogen-bond donors (Lipinski definition) is 0. The molecule has 0 saturated heterocycles. The Bertz CT molecular complexity index is 283. The molecule has 0 atom stereocenters. The summed E-state index contributed by atoms with van der Waals surface area (Å²) in [4.78, 5) is 11.1. The van der Waals surface area contributed by atoms with Crippen LogP contribution in [0.5, 0.6) is 0 Å². The lowest BCUT2D eigenvalue weighted by Gasteiger charge is -2.01. The molecule has 0 amide bonds. The van der Waals surface area contributed by atoms with Crippen LogP contribution in [0.4, 0.5) is 0 Å². The van der Waals surface area contributed by atoms with Gasteiger partial charge in [-0.05, 0) is 26.0 Å². The molecule has 2 heteroatoms. The normalized spacial score (nSPS) is 8.64. The molecule has 0 radical (unpaired) electrons. The van der Waals surface area contributed by atoms with Crippen LogP contribution in [0.2, 0.25) is 0 Å². The largest absolute Gasteiger partial charge is 0.465 e. The number of carbonyl (C=O) groups excluding carboxylic acids is 1. The summed E-state index contributed by atoms with van der Waals surface area (Å²) in [5.74, 6) is -0.276. The van der Waals surface area contributed by atoms with E-state index in [0.29, 0.717) is 5.56 Å². The van der Waals surface area contributed by atoms with E-state index < -0.39 is 0 Å². The van der Waals surface area contributed by atoms with Gasteiger partial charge in [-0.15, -0.1) is 0 Å². The van der Waals surface area contributed by atoms with E-state index in [0.717, 1.165) is 11.1 Å². The van der Waals surface area contributed by atoms with Crippen LogP contribution < -0.4 is 0 Å². The van der Waals surface area contributed by atoms with Crippen LogP contribution in [0, 0.1) is 13.8 Å². The Balaban J connectivity index is 0.000000791. The SMILES string of the molecule is CC.COC(=O)c1cc(C)cc(C)c1. The maximum absolute atomic E-state index is 11.1. The Kier molecular flexibility index (Phi) is 5.61. The summed E-state index contributed by atoms with van der Waals surface area (Å²) in [5.41, 5.74) is 2.78. The van der Waals surface area contributed by atoms with Gasteiger partial charge < -0.3 is 4.74 Å². The number of benzene rings is 1. The molecular weight excluding hydrogens is 176 g/mol. The Morgan fingerprint density at radius 3 is 1.86 bits per heavy atom. The van der Waals surface area contributed by atoms with Crippen molar-refractivity contribution in [2.45, 2.75) is 27.7 Å². The summed E-state index contributed by atoms with van der Waals surface area (Å²) in [5, 5.41) is 0. The second kappa shape index (κ2) is 6.19. The molecule has 1 aromatic rings. The Morgan fingerprint density at radius 2 is 1.50 bits per heavy atom. The topological polar surface area (TPSA) is 26.3 Å². The van der Waals surface area contributed by atoms with Crippen LogP contribution in [0.1, 0.15) is 35.3 Å². The molecule has 0 fully saturated rings. The summed E-state index contributed by atoms with van der Waals surface area (Å²) in [7, 11) is 1.39. The van der Waals surface area contributed by atoms with Crippen LogP contribution >= 0.6 is 0 Å². The number of hydrogen-bond acceptors (Lipinski definition) is 2. The molecule has 0 unspecified atom stereocenters. The lowest BCUT2D eigenvalue weighted by atomic mass is 10.1. The molecule has 0 aliphatic rings. The predicted octanol–water partition coefficient (Wildman–Crippen LogP) is 3.12. The van der Waals surface area contributed by atoms with Crippen LogP contribution in [0.15, 0.2) is 18.2 Å². The highest BCUT2D eigenvalue weighted by Crippen LogP contribution is 2.09. The third-order valence-corrected chi connectivity index (χ3v) is 1.64. The van der Waals surface area contributed by atoms with Crippen LogP contribution in [-0.2, 0) is 4.74 Å². The maximum atomic E-state index is 11.1. The Labute approximate surface area is 85.9 Å². The molecule has 0 spiro atoms. The fraction of sp³-hybridized carbons (Fsp3) is 0.417. The second-order valence-electron chi connectivity index (χ2n) is 2.87. The number of aryl methyl sites for hydroxylation is 2. The average molecular weight is 194 g/mol. The van der Waals surface area contributed by atoms with Gasteiger partial charge in [0.25, 0.3) is 0 Å². The Morgan fingerprint density at radius 1 is 1.07 bits per heavy atom. The molecule has 2 nitrogen and oxygen atoms in total. The molecular formula is C12H18O2. The van der Waals surface area contributed by atoms with Crippen molar-refractivity contribution in [3.8, 4) is 0 Å². The van der Waals surface area contributed by atoms with Gasteiger partial charge in [0.1, 0.15) is 0 Å². The van der Waals surface area contributed by atoms with Gasteiger partial charge in [-0.1, -0.05) is 31.0 Å². The first kappa shape index (κ1) is 12.7. The maximum Gasteiger partial charge on any atom is 0.337 e. The first-order valence-corrected chi connectivity index (χ1v) is 4.80. The minimum Gasteiger partial charge on any atom is -0.465 e. The monoisotopic (exact) mass is 194 g/mol. The number of rotatable bonds is 1. The minimum atomic E-state index is -0.276. The van der Waals surface area contributed by atoms with Crippen LogP contribution in [-0.4, -0.2) is 13.1 Å². The van der Waals surface area contributed by atoms with Gasteiger partial charge in [0, 0.05) is 0 Å². The van der Waals surface area contributed by atoms with Crippen molar-refractivity contribution in [1.29, 1.82) is 0 Å². The summed E-state index contributed by atoms with van der Waals surface area (Å²) >= 11 is 0. The van der Waals surface area contributed by atoms with Crippen molar-refractivity contribution >= 4 is 5.97 Å². The summed E-state index contributed by atoms with van der Waals surface area (Å²) in [6.45, 7) is 7.92. The zero-order valence-corrected chi connectivity index (χ0v) is 9.55. The smallest absolute Gasteiger partial charge is 0.337 e. The van der Waals surface area contributed by atoms with E-state index in [1.165, 1.54) is 7.11 Å². The summed E-state index contributed by atoms with van der Waals surface area (Å²) < 4.78 is 4.61. The minimum absolute atomic E-state index is 0.276. The van der Waals surface area contributed by atoms with Crippen LogP contribution in [0.3, 0.4) is 0 Å². The van der Waals surface area contributed by atoms with Crippen molar-refractivity contribution in [1.82, 2.24) is 0 Å². The average Bonchev–Trinajstić information content (AvgIpc) is 2.18. The van der Waals surface area contributed by atoms with E-state index in [1.807, 2.05) is 45.9 Å². The van der Waals surface area contributed by atoms with Gasteiger partial charge in [-0.2, -0.15) is 0 Å². The number of carbonyl (C=O) groups is 1.